The summed E-state index contributed by atoms with van der Waals surface area (Å²) in [5.74, 6) is 2.24. The van der Waals surface area contributed by atoms with E-state index in [1.54, 1.807) is 11.3 Å². The summed E-state index contributed by atoms with van der Waals surface area (Å²) in [7, 11) is 1.10. The van der Waals surface area contributed by atoms with Gasteiger partial charge in [-0.1, -0.05) is 30.3 Å². The number of hydrogen-bond acceptors (Lipinski definition) is 7. The minimum absolute atomic E-state index is 0.131. The quantitative estimate of drug-likeness (QED) is 0.665. The molecule has 3 aromatic rings. The van der Waals surface area contributed by atoms with Crippen LogP contribution in [0.4, 0.5) is 5.82 Å². The molecule has 1 aliphatic heterocycles. The molecular formula is C20H24N4O2S2. The van der Waals surface area contributed by atoms with E-state index >= 15 is 0 Å². The lowest BCUT2D eigenvalue weighted by Crippen LogP contribution is -2.18. The molecule has 4 rings (SSSR count). The summed E-state index contributed by atoms with van der Waals surface area (Å²) < 4.78 is 23.6. The van der Waals surface area contributed by atoms with Crippen molar-refractivity contribution in [3.8, 4) is 11.1 Å². The van der Waals surface area contributed by atoms with Gasteiger partial charge in [-0.15, -0.1) is 11.3 Å². The first-order valence-electron chi connectivity index (χ1n) is 9.34. The normalized spacial score (nSPS) is 18.8. The maximum absolute atomic E-state index is 11.8. The third-order valence-corrected chi connectivity index (χ3v) is 7.62. The predicted molar refractivity (Wildman–Crippen MR) is 115 cm³/mol. The Labute approximate surface area is 169 Å². The number of benzene rings is 1. The number of thiophene rings is 1. The fourth-order valence-electron chi connectivity index (χ4n) is 3.57. The van der Waals surface area contributed by atoms with E-state index in [0.29, 0.717) is 19.5 Å². The van der Waals surface area contributed by atoms with Crippen molar-refractivity contribution in [1.82, 2.24) is 14.9 Å². The third kappa shape index (κ3) is 4.19. The minimum Gasteiger partial charge on any atom is -0.369 e. The number of nitrogens with zero attached hydrogens (tertiary/aromatic N) is 3. The van der Waals surface area contributed by atoms with E-state index in [2.05, 4.69) is 22.8 Å². The molecule has 2 aromatic heterocycles. The molecule has 1 saturated heterocycles. The van der Waals surface area contributed by atoms with Gasteiger partial charge in [-0.2, -0.15) is 0 Å². The highest BCUT2D eigenvalue weighted by Gasteiger charge is 2.28. The Morgan fingerprint density at radius 3 is 2.68 bits per heavy atom. The van der Waals surface area contributed by atoms with Crippen molar-refractivity contribution < 1.29 is 8.42 Å². The van der Waals surface area contributed by atoms with E-state index in [-0.39, 0.29) is 17.4 Å². The number of hydrogen-bond donors (Lipinski definition) is 1. The fraction of sp³-hybridized carbons (Fsp3) is 0.400. The van der Waals surface area contributed by atoms with E-state index in [9.17, 15) is 8.42 Å². The topological polar surface area (TPSA) is 75.2 Å². The number of rotatable bonds is 6. The van der Waals surface area contributed by atoms with Crippen LogP contribution in [0.3, 0.4) is 0 Å². The standard InChI is InChI=1S/C20H24N4O2S2/c1-24(2)11-17-22-19(21-10-14-8-9-28(25,26)13-14)18-16(12-27-20(18)23-17)15-6-4-3-5-7-15/h3-7,12,14H,8-11,13H2,1-2H3,(H,21,22,23). The fourth-order valence-corrected chi connectivity index (χ4v) is 6.40. The van der Waals surface area contributed by atoms with Crippen LogP contribution in [-0.4, -0.2) is 55.4 Å². The van der Waals surface area contributed by atoms with Gasteiger partial charge in [0.2, 0.25) is 0 Å². The minimum atomic E-state index is -2.88. The van der Waals surface area contributed by atoms with Crippen molar-refractivity contribution >= 4 is 37.2 Å². The molecule has 8 heteroatoms. The molecule has 0 bridgehead atoms. The second-order valence-electron chi connectivity index (χ2n) is 7.57. The summed E-state index contributed by atoms with van der Waals surface area (Å²) in [6.07, 6.45) is 0.712. The summed E-state index contributed by atoms with van der Waals surface area (Å²) in [5, 5.41) is 6.59. The molecule has 28 heavy (non-hydrogen) atoms. The first-order chi connectivity index (χ1) is 13.4. The van der Waals surface area contributed by atoms with Gasteiger partial charge in [0, 0.05) is 17.5 Å². The summed E-state index contributed by atoms with van der Waals surface area (Å²) in [4.78, 5) is 12.5. The van der Waals surface area contributed by atoms with Gasteiger partial charge in [-0.25, -0.2) is 18.4 Å². The summed E-state index contributed by atoms with van der Waals surface area (Å²) >= 11 is 1.62. The SMILES string of the molecule is CN(C)Cc1nc(NCC2CCS(=O)(=O)C2)c2c(-c3ccccc3)csc2n1. The Morgan fingerprint density at radius 2 is 2.00 bits per heavy atom. The van der Waals surface area contributed by atoms with E-state index in [0.717, 1.165) is 33.0 Å². The van der Waals surface area contributed by atoms with E-state index < -0.39 is 9.84 Å². The van der Waals surface area contributed by atoms with Crippen LogP contribution in [0.15, 0.2) is 35.7 Å². The molecule has 0 aliphatic carbocycles. The second-order valence-corrected chi connectivity index (χ2v) is 10.7. The number of sulfone groups is 1. The van der Waals surface area contributed by atoms with Gasteiger partial charge < -0.3 is 10.2 Å². The first kappa shape index (κ1) is 19.3. The van der Waals surface area contributed by atoms with Crippen LogP contribution in [0.1, 0.15) is 12.2 Å². The Bertz CT molecular complexity index is 1080. The maximum Gasteiger partial charge on any atom is 0.150 e. The molecule has 1 aliphatic rings. The second kappa shape index (κ2) is 7.77. The van der Waals surface area contributed by atoms with Gasteiger partial charge in [-0.05, 0) is 32.0 Å². The average molecular weight is 417 g/mol. The van der Waals surface area contributed by atoms with Crippen molar-refractivity contribution in [1.29, 1.82) is 0 Å². The zero-order valence-electron chi connectivity index (χ0n) is 16.1. The molecule has 0 saturated carbocycles. The molecule has 1 fully saturated rings. The van der Waals surface area contributed by atoms with Gasteiger partial charge >= 0.3 is 0 Å². The maximum atomic E-state index is 11.8. The Morgan fingerprint density at radius 1 is 1.21 bits per heavy atom. The Kier molecular flexibility index (Phi) is 5.35. The molecule has 1 unspecified atom stereocenters. The van der Waals surface area contributed by atoms with Crippen molar-refractivity contribution in [2.24, 2.45) is 5.92 Å². The summed E-state index contributed by atoms with van der Waals surface area (Å²) in [6.45, 7) is 1.26. The average Bonchev–Trinajstić information content (AvgIpc) is 3.23. The van der Waals surface area contributed by atoms with Gasteiger partial charge in [-0.3, -0.25) is 0 Å². The number of aromatic nitrogens is 2. The van der Waals surface area contributed by atoms with Gasteiger partial charge in [0.1, 0.15) is 16.5 Å². The van der Waals surface area contributed by atoms with Crippen molar-refractivity contribution in [3.05, 3.63) is 41.5 Å². The molecule has 148 valence electrons. The van der Waals surface area contributed by atoms with Crippen molar-refractivity contribution in [3.63, 3.8) is 0 Å². The Hall–Kier alpha value is -2.03. The zero-order chi connectivity index (χ0) is 19.7. The van der Waals surface area contributed by atoms with Crippen LogP contribution in [0.2, 0.25) is 0 Å². The molecule has 6 nitrogen and oxygen atoms in total. The predicted octanol–water partition coefficient (Wildman–Crippen LogP) is 3.27. The van der Waals surface area contributed by atoms with Crippen LogP contribution < -0.4 is 5.32 Å². The van der Waals surface area contributed by atoms with E-state index in [4.69, 9.17) is 9.97 Å². The molecule has 0 spiro atoms. The molecule has 0 amide bonds. The Balaban J connectivity index is 1.71. The number of fused-ring (bicyclic) bond motifs is 1. The molecule has 1 aromatic carbocycles. The number of anilines is 1. The van der Waals surface area contributed by atoms with Crippen LogP contribution in [0, 0.1) is 5.92 Å². The number of nitrogens with one attached hydrogen (secondary N) is 1. The van der Waals surface area contributed by atoms with Gasteiger partial charge in [0.15, 0.2) is 9.84 Å². The molecule has 1 N–H and O–H groups in total. The van der Waals surface area contributed by atoms with E-state index in [1.165, 1.54) is 0 Å². The highest BCUT2D eigenvalue weighted by atomic mass is 32.2. The summed E-state index contributed by atoms with van der Waals surface area (Å²) in [6, 6.07) is 10.2. The lowest BCUT2D eigenvalue weighted by Gasteiger charge is -2.14. The molecule has 3 heterocycles. The van der Waals surface area contributed by atoms with Crippen molar-refractivity contribution in [2.75, 3.05) is 37.5 Å². The van der Waals surface area contributed by atoms with E-state index in [1.807, 2.05) is 37.2 Å². The van der Waals surface area contributed by atoms with Crippen LogP contribution in [0.5, 0.6) is 0 Å². The molecule has 1 atom stereocenters. The largest absolute Gasteiger partial charge is 0.369 e. The van der Waals surface area contributed by atoms with Gasteiger partial charge in [0.05, 0.1) is 23.4 Å². The molecule has 0 radical (unpaired) electrons. The summed E-state index contributed by atoms with van der Waals surface area (Å²) in [5.41, 5.74) is 2.24. The molecular weight excluding hydrogens is 392 g/mol. The zero-order valence-corrected chi connectivity index (χ0v) is 17.7. The van der Waals surface area contributed by atoms with Crippen LogP contribution in [-0.2, 0) is 16.4 Å². The highest BCUT2D eigenvalue weighted by molar-refractivity contribution is 7.91. The first-order valence-corrected chi connectivity index (χ1v) is 12.0. The smallest absolute Gasteiger partial charge is 0.150 e. The van der Waals surface area contributed by atoms with Crippen LogP contribution >= 0.6 is 11.3 Å². The highest BCUT2D eigenvalue weighted by Crippen LogP contribution is 2.37. The monoisotopic (exact) mass is 416 g/mol. The lowest BCUT2D eigenvalue weighted by atomic mass is 10.1. The third-order valence-electron chi connectivity index (χ3n) is 4.91. The lowest BCUT2D eigenvalue weighted by molar-refractivity contribution is 0.391. The van der Waals surface area contributed by atoms with Gasteiger partial charge in [0.25, 0.3) is 0 Å². The van der Waals surface area contributed by atoms with Crippen LogP contribution in [0.25, 0.3) is 21.3 Å². The van der Waals surface area contributed by atoms with Crippen molar-refractivity contribution in [2.45, 2.75) is 13.0 Å².